The van der Waals surface area contributed by atoms with E-state index in [1.807, 2.05) is 48.5 Å². The highest BCUT2D eigenvalue weighted by Gasteiger charge is 2.85. The summed E-state index contributed by atoms with van der Waals surface area (Å²) in [6.07, 6.45) is 0. The molecule has 0 spiro atoms. The molecule has 35 heavy (non-hydrogen) atoms. The average Bonchev–Trinajstić information content (AvgIpc) is 3.02. The number of carbonyl (C=O) groups is 2. The molecule has 3 aliphatic rings. The van der Waals surface area contributed by atoms with Crippen LogP contribution in [0.4, 0.5) is 0 Å². The Kier molecular flexibility index (Phi) is 5.57. The molecule has 3 aliphatic heterocycles. The second-order valence-corrected chi connectivity index (χ2v) is 11.3. The van der Waals surface area contributed by atoms with Crippen LogP contribution >= 0.6 is 0 Å². The zero-order valence-electron chi connectivity index (χ0n) is 22.2. The third-order valence-corrected chi connectivity index (χ3v) is 7.75. The third-order valence-electron chi connectivity index (χ3n) is 7.75. The summed E-state index contributed by atoms with van der Waals surface area (Å²) >= 11 is 0. The van der Waals surface area contributed by atoms with Crippen molar-refractivity contribution < 1.29 is 42.7 Å². The number of rotatable bonds is 4. The highest BCUT2D eigenvalue weighted by atomic mass is 16.9. The van der Waals surface area contributed by atoms with E-state index in [0.29, 0.717) is 0 Å². The van der Waals surface area contributed by atoms with Crippen LogP contribution in [0.15, 0.2) is 24.3 Å². The number of benzene rings is 1. The zero-order chi connectivity index (χ0) is 26.3. The van der Waals surface area contributed by atoms with E-state index in [-0.39, 0.29) is 17.9 Å². The Hall–Kier alpha value is -2.04. The molecule has 0 aromatic heterocycles. The molecule has 0 N–H and O–H groups in total. The Morgan fingerprint density at radius 3 is 1.91 bits per heavy atom. The van der Waals surface area contributed by atoms with Crippen LogP contribution in [-0.2, 0) is 33.2 Å². The Balaban J connectivity index is 1.72. The maximum absolute atomic E-state index is 13.1. The van der Waals surface area contributed by atoms with Gasteiger partial charge in [0.15, 0.2) is 17.2 Å². The van der Waals surface area contributed by atoms with E-state index in [9.17, 15) is 9.59 Å². The number of ether oxygens (including phenoxy) is 7. The summed E-state index contributed by atoms with van der Waals surface area (Å²) < 4.78 is 43.4. The Bertz CT molecular complexity index is 1070. The molecule has 9 nitrogen and oxygen atoms in total. The van der Waals surface area contributed by atoms with Gasteiger partial charge in [-0.3, -0.25) is 4.79 Å². The van der Waals surface area contributed by atoms with Crippen molar-refractivity contribution in [3.8, 4) is 5.75 Å². The minimum absolute atomic E-state index is 0.117. The molecule has 1 aromatic carbocycles. The van der Waals surface area contributed by atoms with E-state index in [4.69, 9.17) is 33.2 Å². The van der Waals surface area contributed by atoms with Crippen molar-refractivity contribution in [2.75, 3.05) is 6.61 Å². The first kappa shape index (κ1) is 26.0. The van der Waals surface area contributed by atoms with Gasteiger partial charge in [0.2, 0.25) is 5.79 Å². The fourth-order valence-electron chi connectivity index (χ4n) is 6.04. The minimum atomic E-state index is -1.26. The summed E-state index contributed by atoms with van der Waals surface area (Å²) in [6, 6.07) is 6.39. The van der Waals surface area contributed by atoms with Crippen LogP contribution in [0.5, 0.6) is 5.75 Å². The molecule has 3 heterocycles. The number of hydrogen-bond donors (Lipinski definition) is 0. The predicted molar refractivity (Wildman–Crippen MR) is 124 cm³/mol. The zero-order valence-corrected chi connectivity index (χ0v) is 22.2. The average molecular weight is 493 g/mol. The minimum Gasteiger partial charge on any atom is -0.459 e. The molecule has 1 aromatic rings. The van der Waals surface area contributed by atoms with Gasteiger partial charge in [-0.1, -0.05) is 12.1 Å². The second-order valence-electron chi connectivity index (χ2n) is 11.3. The highest BCUT2D eigenvalue weighted by molar-refractivity contribution is 5.93. The lowest BCUT2D eigenvalue weighted by molar-refractivity contribution is -0.395. The lowest BCUT2D eigenvalue weighted by Gasteiger charge is -2.63. The van der Waals surface area contributed by atoms with E-state index in [2.05, 4.69) is 0 Å². The van der Waals surface area contributed by atoms with E-state index < -0.39 is 51.7 Å². The molecule has 9 heteroatoms. The number of para-hydroxylation sites is 1. The standard InChI is InChI=1S/C26H36O9/c1-16(27)30-18-14-12-11-13-17(18)19(28)29-15-22(6)23(7)24(8,32-20(2,3)31-23)25(9)26(10,35-22)34-21(4,5)33-25/h11-14H,15H2,1-10H3/t22?,23-,24+,25?,26+/m1/s1. The molecule has 3 fully saturated rings. The van der Waals surface area contributed by atoms with Gasteiger partial charge >= 0.3 is 11.9 Å². The van der Waals surface area contributed by atoms with Crippen molar-refractivity contribution >= 4 is 11.9 Å². The molecule has 0 saturated carbocycles. The molecule has 0 radical (unpaired) electrons. The summed E-state index contributed by atoms with van der Waals surface area (Å²) in [5.74, 6) is -4.30. The monoisotopic (exact) mass is 492 g/mol. The lowest BCUT2D eigenvalue weighted by atomic mass is 9.61. The van der Waals surface area contributed by atoms with Gasteiger partial charge in [0.05, 0.1) is 0 Å². The molecule has 194 valence electrons. The van der Waals surface area contributed by atoms with Crippen LogP contribution in [0, 0.1) is 0 Å². The van der Waals surface area contributed by atoms with Crippen LogP contribution in [0.1, 0.15) is 79.6 Å². The summed E-state index contributed by atoms with van der Waals surface area (Å²) in [5, 5.41) is 0. The number of carbonyl (C=O) groups excluding carboxylic acids is 2. The van der Waals surface area contributed by atoms with Gasteiger partial charge < -0.3 is 33.2 Å². The first-order valence-electron chi connectivity index (χ1n) is 11.8. The Morgan fingerprint density at radius 2 is 1.29 bits per heavy atom. The molecule has 5 atom stereocenters. The van der Waals surface area contributed by atoms with E-state index in [0.717, 1.165) is 0 Å². The molecule has 0 amide bonds. The van der Waals surface area contributed by atoms with E-state index in [1.54, 1.807) is 26.0 Å². The Morgan fingerprint density at radius 1 is 0.743 bits per heavy atom. The van der Waals surface area contributed by atoms with Crippen LogP contribution < -0.4 is 4.74 Å². The molecule has 4 rings (SSSR count). The molecular formula is C26H36O9. The SMILES string of the molecule is CC(=O)Oc1ccccc1C(=O)OCC1(C)O[C@]2(C)OC(C)(C)OC2(C)[C@@]2(C)OC(C)(C)O[C@]12C. The van der Waals surface area contributed by atoms with Gasteiger partial charge in [0.25, 0.3) is 0 Å². The van der Waals surface area contributed by atoms with Gasteiger partial charge in [-0.05, 0) is 74.4 Å². The van der Waals surface area contributed by atoms with Crippen molar-refractivity contribution in [1.29, 1.82) is 0 Å². The summed E-state index contributed by atoms with van der Waals surface area (Å²) in [6.45, 7) is 17.7. The van der Waals surface area contributed by atoms with Crippen molar-refractivity contribution in [2.45, 2.75) is 109 Å². The van der Waals surface area contributed by atoms with Gasteiger partial charge in [-0.25, -0.2) is 4.79 Å². The topological polar surface area (TPSA) is 98.8 Å². The van der Waals surface area contributed by atoms with Crippen molar-refractivity contribution in [1.82, 2.24) is 0 Å². The van der Waals surface area contributed by atoms with E-state index >= 15 is 0 Å². The van der Waals surface area contributed by atoms with E-state index in [1.165, 1.54) is 19.1 Å². The van der Waals surface area contributed by atoms with Crippen LogP contribution in [0.3, 0.4) is 0 Å². The van der Waals surface area contributed by atoms with Gasteiger partial charge in [0, 0.05) is 6.92 Å². The lowest BCUT2D eigenvalue weighted by Crippen LogP contribution is -2.82. The largest absolute Gasteiger partial charge is 0.459 e. The van der Waals surface area contributed by atoms with Crippen LogP contribution in [0.2, 0.25) is 0 Å². The molecular weight excluding hydrogens is 456 g/mol. The van der Waals surface area contributed by atoms with Crippen molar-refractivity contribution in [3.63, 3.8) is 0 Å². The number of esters is 2. The van der Waals surface area contributed by atoms with Crippen LogP contribution in [-0.4, -0.2) is 58.3 Å². The second kappa shape index (κ2) is 7.49. The molecule has 0 bridgehead atoms. The van der Waals surface area contributed by atoms with Gasteiger partial charge in [-0.15, -0.1) is 0 Å². The summed E-state index contributed by atoms with van der Waals surface area (Å²) in [5.41, 5.74) is -4.37. The highest BCUT2D eigenvalue weighted by Crippen LogP contribution is 2.66. The first-order chi connectivity index (χ1) is 15.8. The predicted octanol–water partition coefficient (Wildman–Crippen LogP) is 4.12. The van der Waals surface area contributed by atoms with Crippen molar-refractivity contribution in [3.05, 3.63) is 29.8 Å². The quantitative estimate of drug-likeness (QED) is 0.454. The third kappa shape index (κ3) is 3.62. The fourth-order valence-corrected chi connectivity index (χ4v) is 6.04. The fraction of sp³-hybridized carbons (Fsp3) is 0.692. The van der Waals surface area contributed by atoms with Gasteiger partial charge in [-0.2, -0.15) is 0 Å². The smallest absolute Gasteiger partial charge is 0.342 e. The summed E-state index contributed by atoms with van der Waals surface area (Å²) in [7, 11) is 0. The normalized spacial score (nSPS) is 41.1. The number of fused-ring (bicyclic) bond motifs is 3. The number of hydrogen-bond acceptors (Lipinski definition) is 9. The summed E-state index contributed by atoms with van der Waals surface area (Å²) in [4.78, 5) is 24.6. The van der Waals surface area contributed by atoms with Crippen LogP contribution in [0.25, 0.3) is 0 Å². The molecule has 3 saturated heterocycles. The van der Waals surface area contributed by atoms with Gasteiger partial charge in [0.1, 0.15) is 34.7 Å². The maximum Gasteiger partial charge on any atom is 0.342 e. The Labute approximate surface area is 206 Å². The molecule has 0 aliphatic carbocycles. The molecule has 2 unspecified atom stereocenters. The first-order valence-corrected chi connectivity index (χ1v) is 11.8. The van der Waals surface area contributed by atoms with Crippen molar-refractivity contribution in [2.24, 2.45) is 0 Å². The maximum atomic E-state index is 13.1.